The molecular formula is C22H21N3O2S. The number of rotatable bonds is 7. The van der Waals surface area contributed by atoms with Gasteiger partial charge in [-0.25, -0.2) is 4.98 Å². The summed E-state index contributed by atoms with van der Waals surface area (Å²) < 4.78 is 0. The smallest absolute Gasteiger partial charge is 0.227 e. The van der Waals surface area contributed by atoms with Gasteiger partial charge in [-0.3, -0.25) is 9.59 Å². The molecule has 0 aliphatic heterocycles. The van der Waals surface area contributed by atoms with E-state index in [1.807, 2.05) is 60.0 Å². The minimum atomic E-state index is -0.0719. The average Bonchev–Trinajstić information content (AvgIpc) is 3.47. The number of hydrogen-bond acceptors (Lipinski definition) is 4. The van der Waals surface area contributed by atoms with Crippen LogP contribution in [0.1, 0.15) is 24.1 Å². The van der Waals surface area contributed by atoms with Crippen LogP contribution in [0.25, 0.3) is 10.6 Å². The summed E-state index contributed by atoms with van der Waals surface area (Å²) in [5, 5.41) is 8.70. The lowest BCUT2D eigenvalue weighted by molar-refractivity contribution is -0.120. The summed E-state index contributed by atoms with van der Waals surface area (Å²) in [6, 6.07) is 17.5. The number of carbonyl (C=O) groups is 2. The van der Waals surface area contributed by atoms with Gasteiger partial charge in [0, 0.05) is 29.1 Å². The summed E-state index contributed by atoms with van der Waals surface area (Å²) in [4.78, 5) is 28.7. The van der Waals surface area contributed by atoms with E-state index in [9.17, 15) is 9.59 Å². The van der Waals surface area contributed by atoms with Crippen LogP contribution < -0.4 is 10.6 Å². The van der Waals surface area contributed by atoms with Crippen LogP contribution in [0.3, 0.4) is 0 Å². The zero-order valence-electron chi connectivity index (χ0n) is 15.4. The highest BCUT2D eigenvalue weighted by Crippen LogP contribution is 2.30. The van der Waals surface area contributed by atoms with Crippen molar-refractivity contribution in [3.8, 4) is 10.6 Å². The minimum Gasteiger partial charge on any atom is -0.352 e. The first kappa shape index (κ1) is 18.4. The van der Waals surface area contributed by atoms with Crippen LogP contribution in [-0.4, -0.2) is 16.8 Å². The van der Waals surface area contributed by atoms with Crippen LogP contribution in [-0.2, 0) is 22.6 Å². The summed E-state index contributed by atoms with van der Waals surface area (Å²) in [7, 11) is 0. The Hall–Kier alpha value is -2.99. The van der Waals surface area contributed by atoms with E-state index in [0.29, 0.717) is 6.54 Å². The van der Waals surface area contributed by atoms with Crippen molar-refractivity contribution in [2.45, 2.75) is 25.8 Å². The molecular weight excluding hydrogens is 370 g/mol. The molecule has 1 aliphatic carbocycles. The Balaban J connectivity index is 1.30. The first-order valence-corrected chi connectivity index (χ1v) is 10.2. The van der Waals surface area contributed by atoms with Gasteiger partial charge in [0.05, 0.1) is 12.1 Å². The van der Waals surface area contributed by atoms with E-state index in [-0.39, 0.29) is 24.2 Å². The molecule has 1 aromatic heterocycles. The van der Waals surface area contributed by atoms with Crippen molar-refractivity contribution >= 4 is 28.8 Å². The molecule has 28 heavy (non-hydrogen) atoms. The van der Waals surface area contributed by atoms with Crippen LogP contribution in [0, 0.1) is 5.92 Å². The summed E-state index contributed by atoms with van der Waals surface area (Å²) >= 11 is 1.54. The predicted molar refractivity (Wildman–Crippen MR) is 111 cm³/mol. The molecule has 0 saturated heterocycles. The number of carbonyl (C=O) groups excluding carboxylic acids is 2. The zero-order chi connectivity index (χ0) is 19.3. The number of nitrogens with one attached hydrogen (secondary N) is 2. The van der Waals surface area contributed by atoms with E-state index in [1.165, 1.54) is 0 Å². The molecule has 0 spiro atoms. The number of amides is 2. The molecule has 0 atom stereocenters. The number of hydrogen-bond donors (Lipinski definition) is 2. The van der Waals surface area contributed by atoms with Gasteiger partial charge in [0.25, 0.3) is 0 Å². The van der Waals surface area contributed by atoms with Crippen molar-refractivity contribution in [3.63, 3.8) is 0 Å². The lowest BCUT2D eigenvalue weighted by Gasteiger charge is -2.08. The molecule has 1 saturated carbocycles. The monoisotopic (exact) mass is 391 g/mol. The molecule has 3 aromatic rings. The average molecular weight is 391 g/mol. The van der Waals surface area contributed by atoms with Crippen molar-refractivity contribution < 1.29 is 9.59 Å². The van der Waals surface area contributed by atoms with E-state index >= 15 is 0 Å². The maximum Gasteiger partial charge on any atom is 0.227 e. The zero-order valence-corrected chi connectivity index (χ0v) is 16.2. The van der Waals surface area contributed by atoms with E-state index in [4.69, 9.17) is 0 Å². The number of benzene rings is 2. The lowest BCUT2D eigenvalue weighted by Crippen LogP contribution is -2.24. The Morgan fingerprint density at radius 1 is 1.07 bits per heavy atom. The Kier molecular flexibility index (Phi) is 5.48. The fraction of sp³-hybridized carbons (Fsp3) is 0.227. The Bertz CT molecular complexity index is 980. The Morgan fingerprint density at radius 3 is 2.68 bits per heavy atom. The molecule has 2 N–H and O–H groups in total. The van der Waals surface area contributed by atoms with Gasteiger partial charge >= 0.3 is 0 Å². The molecule has 4 rings (SSSR count). The van der Waals surface area contributed by atoms with Crippen LogP contribution in [0.5, 0.6) is 0 Å². The minimum absolute atomic E-state index is 0.0719. The number of anilines is 1. The van der Waals surface area contributed by atoms with Crippen molar-refractivity contribution in [2.75, 3.05) is 5.32 Å². The van der Waals surface area contributed by atoms with Crippen molar-refractivity contribution in [2.24, 2.45) is 5.92 Å². The van der Waals surface area contributed by atoms with Gasteiger partial charge in [-0.1, -0.05) is 42.5 Å². The third-order valence-corrected chi connectivity index (χ3v) is 5.49. The van der Waals surface area contributed by atoms with E-state index in [1.54, 1.807) is 11.3 Å². The molecule has 0 bridgehead atoms. The standard InChI is InChI=1S/C22H21N3O2S/c26-20(12-19-14-28-22(25-19)17-6-2-1-3-7-17)23-13-15-5-4-8-18(11-15)24-21(27)16-9-10-16/h1-8,11,14,16H,9-10,12-13H2,(H,23,26)(H,24,27). The molecule has 142 valence electrons. The quantitative estimate of drug-likeness (QED) is 0.639. The number of aromatic nitrogens is 1. The van der Waals surface area contributed by atoms with Crippen molar-refractivity contribution in [1.29, 1.82) is 0 Å². The van der Waals surface area contributed by atoms with E-state index < -0.39 is 0 Å². The first-order chi connectivity index (χ1) is 13.7. The second-order valence-electron chi connectivity index (χ2n) is 6.93. The third-order valence-electron chi connectivity index (χ3n) is 4.55. The fourth-order valence-corrected chi connectivity index (χ4v) is 3.70. The maximum absolute atomic E-state index is 12.3. The molecule has 1 aliphatic rings. The highest BCUT2D eigenvalue weighted by atomic mass is 32.1. The molecule has 0 unspecified atom stereocenters. The molecule has 1 fully saturated rings. The normalized spacial score (nSPS) is 13.1. The van der Waals surface area contributed by atoms with Gasteiger partial charge in [0.2, 0.25) is 11.8 Å². The number of nitrogens with zero attached hydrogens (tertiary/aromatic N) is 1. The Labute approximate surface area is 167 Å². The molecule has 0 radical (unpaired) electrons. The summed E-state index contributed by atoms with van der Waals surface area (Å²) in [6.07, 6.45) is 2.20. The fourth-order valence-electron chi connectivity index (χ4n) is 2.88. The third kappa shape index (κ3) is 4.84. The molecule has 5 nitrogen and oxygen atoms in total. The van der Waals surface area contributed by atoms with E-state index in [0.717, 1.165) is 40.4 Å². The highest BCUT2D eigenvalue weighted by Gasteiger charge is 2.29. The molecule has 1 heterocycles. The van der Waals surface area contributed by atoms with Gasteiger partial charge < -0.3 is 10.6 Å². The van der Waals surface area contributed by atoms with Crippen LogP contribution in [0.2, 0.25) is 0 Å². The lowest BCUT2D eigenvalue weighted by atomic mass is 10.2. The maximum atomic E-state index is 12.3. The second kappa shape index (κ2) is 8.35. The largest absolute Gasteiger partial charge is 0.352 e. The van der Waals surface area contributed by atoms with Gasteiger partial charge in [0.15, 0.2) is 0 Å². The van der Waals surface area contributed by atoms with Crippen LogP contribution in [0.4, 0.5) is 5.69 Å². The predicted octanol–water partition coefficient (Wildman–Crippen LogP) is 4.02. The van der Waals surface area contributed by atoms with Gasteiger partial charge in [-0.05, 0) is 30.5 Å². The molecule has 2 aromatic carbocycles. The molecule has 6 heteroatoms. The van der Waals surface area contributed by atoms with Crippen LogP contribution in [0.15, 0.2) is 60.0 Å². The SMILES string of the molecule is O=C(Cc1csc(-c2ccccc2)n1)NCc1cccc(NC(=O)C2CC2)c1. The highest BCUT2D eigenvalue weighted by molar-refractivity contribution is 7.13. The van der Waals surface area contributed by atoms with E-state index in [2.05, 4.69) is 15.6 Å². The summed E-state index contributed by atoms with van der Waals surface area (Å²) in [5.41, 5.74) is 3.55. The van der Waals surface area contributed by atoms with Crippen LogP contribution >= 0.6 is 11.3 Å². The van der Waals surface area contributed by atoms with Gasteiger partial charge in [-0.2, -0.15) is 0 Å². The summed E-state index contributed by atoms with van der Waals surface area (Å²) in [5.74, 6) is 0.179. The Morgan fingerprint density at radius 2 is 1.89 bits per heavy atom. The topological polar surface area (TPSA) is 71.1 Å². The first-order valence-electron chi connectivity index (χ1n) is 9.34. The number of thiazole rings is 1. The van der Waals surface area contributed by atoms with Crippen molar-refractivity contribution in [3.05, 3.63) is 71.2 Å². The second-order valence-corrected chi connectivity index (χ2v) is 7.79. The van der Waals surface area contributed by atoms with Crippen molar-refractivity contribution in [1.82, 2.24) is 10.3 Å². The van der Waals surface area contributed by atoms with Gasteiger partial charge in [-0.15, -0.1) is 11.3 Å². The molecule has 2 amide bonds. The van der Waals surface area contributed by atoms with Gasteiger partial charge in [0.1, 0.15) is 5.01 Å². The summed E-state index contributed by atoms with van der Waals surface area (Å²) in [6.45, 7) is 0.418.